The predicted molar refractivity (Wildman–Crippen MR) is 78.3 cm³/mol. The molecule has 0 radical (unpaired) electrons. The molecule has 4 nitrogen and oxygen atoms in total. The molecule has 1 aromatic heterocycles. The van der Waals surface area contributed by atoms with Crippen molar-refractivity contribution in [3.63, 3.8) is 0 Å². The van der Waals surface area contributed by atoms with Crippen LogP contribution >= 0.6 is 11.8 Å². The highest BCUT2D eigenvalue weighted by Gasteiger charge is 2.12. The molecule has 1 aliphatic heterocycles. The summed E-state index contributed by atoms with van der Waals surface area (Å²) in [6, 6.07) is 0. The predicted octanol–water partition coefficient (Wildman–Crippen LogP) is 2.49. The molecule has 1 aromatic rings. The Bertz CT molecular complexity index is 369. The fourth-order valence-corrected chi connectivity index (χ4v) is 2.95. The first-order valence-corrected chi connectivity index (χ1v) is 8.25. The molecule has 1 atom stereocenters. The third-order valence-corrected chi connectivity index (χ3v) is 4.20. The lowest BCUT2D eigenvalue weighted by Gasteiger charge is -2.22. The van der Waals surface area contributed by atoms with Crippen molar-refractivity contribution in [1.82, 2.24) is 15.3 Å². The van der Waals surface area contributed by atoms with Crippen LogP contribution in [0.15, 0.2) is 17.4 Å². The van der Waals surface area contributed by atoms with Crippen molar-refractivity contribution in [2.45, 2.75) is 37.3 Å². The molecule has 0 aromatic carbocycles. The summed E-state index contributed by atoms with van der Waals surface area (Å²) in [5, 5.41) is 4.43. The van der Waals surface area contributed by atoms with E-state index in [-0.39, 0.29) is 0 Å². The summed E-state index contributed by atoms with van der Waals surface area (Å²) >= 11 is 1.62. The Labute approximate surface area is 119 Å². The summed E-state index contributed by atoms with van der Waals surface area (Å²) < 4.78 is 5.72. The van der Waals surface area contributed by atoms with E-state index < -0.39 is 0 Å². The second-order valence-electron chi connectivity index (χ2n) is 4.92. The zero-order valence-corrected chi connectivity index (χ0v) is 12.4. The van der Waals surface area contributed by atoms with Crippen molar-refractivity contribution < 1.29 is 4.74 Å². The van der Waals surface area contributed by atoms with Crippen LogP contribution in [0.3, 0.4) is 0 Å². The molecule has 0 spiro atoms. The van der Waals surface area contributed by atoms with Gasteiger partial charge in [-0.2, -0.15) is 0 Å². The first-order valence-electron chi connectivity index (χ1n) is 7.02. The maximum atomic E-state index is 5.72. The summed E-state index contributed by atoms with van der Waals surface area (Å²) in [6.45, 7) is 3.77. The van der Waals surface area contributed by atoms with E-state index >= 15 is 0 Å². The Morgan fingerprint density at radius 3 is 3.11 bits per heavy atom. The smallest absolute Gasteiger partial charge is 0.120 e. The molecule has 19 heavy (non-hydrogen) atoms. The lowest BCUT2D eigenvalue weighted by molar-refractivity contribution is 0.108. The second-order valence-corrected chi connectivity index (χ2v) is 5.71. The Morgan fingerprint density at radius 2 is 2.32 bits per heavy atom. The molecular formula is C14H23N3OS. The van der Waals surface area contributed by atoms with Crippen molar-refractivity contribution >= 4 is 11.8 Å². The molecule has 2 heterocycles. The van der Waals surface area contributed by atoms with E-state index in [4.69, 9.17) is 4.74 Å². The molecule has 0 amide bonds. The molecular weight excluding hydrogens is 258 g/mol. The van der Waals surface area contributed by atoms with E-state index in [0.717, 1.165) is 29.7 Å². The lowest BCUT2D eigenvalue weighted by Crippen LogP contribution is -2.29. The molecule has 1 aliphatic rings. The summed E-state index contributed by atoms with van der Waals surface area (Å²) in [7, 11) is 0. The number of rotatable bonds is 7. The van der Waals surface area contributed by atoms with Crippen LogP contribution in [0.4, 0.5) is 0 Å². The van der Waals surface area contributed by atoms with Gasteiger partial charge in [-0.15, -0.1) is 11.8 Å². The van der Waals surface area contributed by atoms with Crippen LogP contribution in [-0.4, -0.2) is 35.9 Å². The first kappa shape index (κ1) is 14.8. The SMILES string of the molecule is CSc1nccnc1COCCCC1CCCNC1. The van der Waals surface area contributed by atoms with Gasteiger partial charge in [0.25, 0.3) is 0 Å². The molecule has 0 aliphatic carbocycles. The van der Waals surface area contributed by atoms with Gasteiger partial charge in [-0.3, -0.25) is 4.98 Å². The molecule has 1 unspecified atom stereocenters. The van der Waals surface area contributed by atoms with Crippen molar-refractivity contribution in [3.05, 3.63) is 18.1 Å². The number of ether oxygens (including phenoxy) is 1. The maximum absolute atomic E-state index is 5.72. The summed E-state index contributed by atoms with van der Waals surface area (Å²) in [6.07, 6.45) is 10.6. The minimum absolute atomic E-state index is 0.576. The van der Waals surface area contributed by atoms with Gasteiger partial charge in [0.2, 0.25) is 0 Å². The number of nitrogens with zero attached hydrogens (tertiary/aromatic N) is 2. The number of hydrogen-bond acceptors (Lipinski definition) is 5. The largest absolute Gasteiger partial charge is 0.375 e. The van der Waals surface area contributed by atoms with Crippen LogP contribution in [0.1, 0.15) is 31.4 Å². The Kier molecular flexibility index (Phi) is 6.61. The van der Waals surface area contributed by atoms with Crippen molar-refractivity contribution in [2.75, 3.05) is 26.0 Å². The van der Waals surface area contributed by atoms with Crippen molar-refractivity contribution in [1.29, 1.82) is 0 Å². The average molecular weight is 281 g/mol. The van der Waals surface area contributed by atoms with Crippen molar-refractivity contribution in [2.24, 2.45) is 5.92 Å². The van der Waals surface area contributed by atoms with E-state index in [0.29, 0.717) is 6.61 Å². The number of nitrogens with one attached hydrogen (secondary N) is 1. The number of hydrogen-bond donors (Lipinski definition) is 1. The second kappa shape index (κ2) is 8.51. The van der Waals surface area contributed by atoms with Crippen LogP contribution in [0.5, 0.6) is 0 Å². The van der Waals surface area contributed by atoms with Crippen LogP contribution in [0.25, 0.3) is 0 Å². The first-order chi connectivity index (χ1) is 9.40. The van der Waals surface area contributed by atoms with Gasteiger partial charge >= 0.3 is 0 Å². The lowest BCUT2D eigenvalue weighted by atomic mass is 9.95. The molecule has 1 N–H and O–H groups in total. The monoisotopic (exact) mass is 281 g/mol. The quantitative estimate of drug-likeness (QED) is 0.614. The third kappa shape index (κ3) is 5.09. The maximum Gasteiger partial charge on any atom is 0.120 e. The molecule has 0 saturated carbocycles. The summed E-state index contributed by atoms with van der Waals surface area (Å²) in [5.74, 6) is 0.843. The third-order valence-electron chi connectivity index (χ3n) is 3.47. The van der Waals surface area contributed by atoms with Crippen LogP contribution in [0.2, 0.25) is 0 Å². The number of aromatic nitrogens is 2. The van der Waals surface area contributed by atoms with E-state index in [1.165, 1.54) is 32.4 Å². The van der Waals surface area contributed by atoms with E-state index in [9.17, 15) is 0 Å². The zero-order valence-electron chi connectivity index (χ0n) is 11.6. The Hall–Kier alpha value is -0.650. The van der Waals surface area contributed by atoms with Gasteiger partial charge in [0.15, 0.2) is 0 Å². The van der Waals surface area contributed by atoms with Gasteiger partial charge in [0, 0.05) is 19.0 Å². The Balaban J connectivity index is 1.61. The molecule has 1 fully saturated rings. The molecule has 1 saturated heterocycles. The van der Waals surface area contributed by atoms with E-state index in [1.54, 1.807) is 24.2 Å². The average Bonchev–Trinajstić information content (AvgIpc) is 2.48. The van der Waals surface area contributed by atoms with E-state index in [2.05, 4.69) is 15.3 Å². The fraction of sp³-hybridized carbons (Fsp3) is 0.714. The molecule has 2 rings (SSSR count). The van der Waals surface area contributed by atoms with Crippen molar-refractivity contribution in [3.8, 4) is 0 Å². The molecule has 106 valence electrons. The standard InChI is InChI=1S/C14H23N3OS/c1-19-14-13(16-7-8-17-14)11-18-9-3-5-12-4-2-6-15-10-12/h7-8,12,15H,2-6,9-11H2,1H3. The minimum Gasteiger partial charge on any atom is -0.375 e. The van der Waals surface area contributed by atoms with Gasteiger partial charge in [-0.25, -0.2) is 4.98 Å². The summed E-state index contributed by atoms with van der Waals surface area (Å²) in [5.41, 5.74) is 0.953. The Morgan fingerprint density at radius 1 is 1.42 bits per heavy atom. The minimum atomic E-state index is 0.576. The van der Waals surface area contributed by atoms with Crippen LogP contribution < -0.4 is 5.32 Å². The highest BCUT2D eigenvalue weighted by Crippen LogP contribution is 2.17. The van der Waals surface area contributed by atoms with Crippen LogP contribution in [-0.2, 0) is 11.3 Å². The fourth-order valence-electron chi connectivity index (χ4n) is 2.44. The molecule has 5 heteroatoms. The van der Waals surface area contributed by atoms with Gasteiger partial charge in [-0.1, -0.05) is 0 Å². The highest BCUT2D eigenvalue weighted by molar-refractivity contribution is 7.98. The molecule has 0 bridgehead atoms. The van der Waals surface area contributed by atoms with Gasteiger partial charge in [0.05, 0.1) is 12.3 Å². The van der Waals surface area contributed by atoms with Gasteiger partial charge < -0.3 is 10.1 Å². The van der Waals surface area contributed by atoms with Crippen LogP contribution in [0, 0.1) is 5.92 Å². The number of thioether (sulfide) groups is 1. The number of piperidine rings is 1. The zero-order chi connectivity index (χ0) is 13.3. The van der Waals surface area contributed by atoms with Gasteiger partial charge in [-0.05, 0) is 50.9 Å². The highest BCUT2D eigenvalue weighted by atomic mass is 32.2. The van der Waals surface area contributed by atoms with E-state index in [1.807, 2.05) is 6.26 Å². The summed E-state index contributed by atoms with van der Waals surface area (Å²) in [4.78, 5) is 8.60. The normalized spacial score (nSPS) is 19.5. The van der Waals surface area contributed by atoms with Gasteiger partial charge in [0.1, 0.15) is 5.03 Å². The topological polar surface area (TPSA) is 47.0 Å².